The number of urea groups is 1. The van der Waals surface area contributed by atoms with E-state index in [1.807, 2.05) is 30.0 Å². The number of benzene rings is 1. The Balaban J connectivity index is 1.49. The highest BCUT2D eigenvalue weighted by atomic mass is 16.5. The van der Waals surface area contributed by atoms with E-state index in [-0.39, 0.29) is 17.9 Å². The number of nitrogens with one attached hydrogen (secondary N) is 1. The van der Waals surface area contributed by atoms with Gasteiger partial charge in [0.15, 0.2) is 5.96 Å². The van der Waals surface area contributed by atoms with E-state index in [1.165, 1.54) is 4.90 Å². The van der Waals surface area contributed by atoms with Gasteiger partial charge in [-0.05, 0) is 43.4 Å². The molecule has 8 nitrogen and oxygen atoms in total. The second kappa shape index (κ2) is 6.84. The average molecular weight is 371 g/mol. The summed E-state index contributed by atoms with van der Waals surface area (Å²) in [7, 11) is 0. The van der Waals surface area contributed by atoms with Crippen molar-refractivity contribution >= 4 is 23.6 Å². The number of nitrogens with two attached hydrogens (primary N) is 1. The van der Waals surface area contributed by atoms with E-state index in [1.54, 1.807) is 6.07 Å². The molecule has 0 spiro atoms. The summed E-state index contributed by atoms with van der Waals surface area (Å²) < 4.78 is 5.32. The molecule has 3 amide bonds. The zero-order chi connectivity index (χ0) is 19.0. The maximum atomic E-state index is 12.9. The molecule has 1 unspecified atom stereocenters. The zero-order valence-corrected chi connectivity index (χ0v) is 15.5. The minimum absolute atomic E-state index is 0.177. The highest BCUT2D eigenvalue weighted by Gasteiger charge is 2.56. The van der Waals surface area contributed by atoms with Crippen molar-refractivity contribution in [1.29, 1.82) is 0 Å². The molecule has 1 aromatic carbocycles. The van der Waals surface area contributed by atoms with Gasteiger partial charge in [0.25, 0.3) is 5.91 Å². The van der Waals surface area contributed by atoms with E-state index >= 15 is 0 Å². The molecular weight excluding hydrogens is 346 g/mol. The number of anilines is 1. The third-order valence-corrected chi connectivity index (χ3v) is 5.54. The first-order chi connectivity index (χ1) is 13.0. The van der Waals surface area contributed by atoms with Crippen molar-refractivity contribution in [3.8, 4) is 0 Å². The van der Waals surface area contributed by atoms with Crippen LogP contribution >= 0.6 is 0 Å². The first-order valence-electron chi connectivity index (χ1n) is 9.37. The quantitative estimate of drug-likeness (QED) is 0.468. The maximum absolute atomic E-state index is 12.9. The molecule has 1 saturated carbocycles. The van der Waals surface area contributed by atoms with Crippen LogP contribution < -0.4 is 16.0 Å². The lowest BCUT2D eigenvalue weighted by Gasteiger charge is -2.27. The summed E-state index contributed by atoms with van der Waals surface area (Å²) in [5.41, 5.74) is 6.74. The van der Waals surface area contributed by atoms with E-state index in [0.29, 0.717) is 31.4 Å². The Morgan fingerprint density at radius 1 is 1.33 bits per heavy atom. The van der Waals surface area contributed by atoms with E-state index in [4.69, 9.17) is 10.5 Å². The van der Waals surface area contributed by atoms with Crippen molar-refractivity contribution in [3.05, 3.63) is 29.8 Å². The summed E-state index contributed by atoms with van der Waals surface area (Å²) in [5.74, 6) is 0.545. The van der Waals surface area contributed by atoms with Crippen LogP contribution in [0, 0.1) is 5.92 Å². The molecule has 3 aliphatic rings. The van der Waals surface area contributed by atoms with Crippen molar-refractivity contribution < 1.29 is 14.3 Å². The highest BCUT2D eigenvalue weighted by molar-refractivity contribution is 6.23. The van der Waals surface area contributed by atoms with Crippen LogP contribution in [0.5, 0.6) is 0 Å². The number of nitrogens with zero attached hydrogens (tertiary/aromatic N) is 3. The first-order valence-corrected chi connectivity index (χ1v) is 9.37. The van der Waals surface area contributed by atoms with E-state index in [0.717, 1.165) is 31.5 Å². The molecule has 1 aliphatic carbocycles. The molecule has 4 rings (SSSR count). The summed E-state index contributed by atoms with van der Waals surface area (Å²) in [5, 5.41) is 2.87. The van der Waals surface area contributed by atoms with Crippen molar-refractivity contribution in [1.82, 2.24) is 10.2 Å². The van der Waals surface area contributed by atoms with Crippen LogP contribution in [0.25, 0.3) is 0 Å². The topological polar surface area (TPSA) is 100 Å². The standard InChI is InChI=1S/C19H25N5O3/c1-19(14-5-6-14)16(25)24(18(26)22-19)15-4-2-3-13(11-15)12-21-17(20)23-7-9-27-10-8-23/h2-4,11,14H,5-10,12H2,1H3,(H2,20,21)(H,22,26). The van der Waals surface area contributed by atoms with E-state index in [9.17, 15) is 9.59 Å². The van der Waals surface area contributed by atoms with Gasteiger partial charge < -0.3 is 20.7 Å². The van der Waals surface area contributed by atoms with Crippen LogP contribution in [0.3, 0.4) is 0 Å². The van der Waals surface area contributed by atoms with Gasteiger partial charge in [0, 0.05) is 13.1 Å². The van der Waals surface area contributed by atoms with Gasteiger partial charge >= 0.3 is 6.03 Å². The molecule has 3 N–H and O–H groups in total. The molecule has 27 heavy (non-hydrogen) atoms. The SMILES string of the molecule is CC1(C2CC2)NC(=O)N(c2cccc(CN=C(N)N3CCOCC3)c2)C1=O. The number of carbonyl (C=O) groups is 2. The Morgan fingerprint density at radius 2 is 2.07 bits per heavy atom. The third-order valence-electron chi connectivity index (χ3n) is 5.54. The number of carbonyl (C=O) groups excluding carboxylic acids is 2. The fourth-order valence-corrected chi connectivity index (χ4v) is 3.69. The number of morpholine rings is 1. The van der Waals surface area contributed by atoms with Crippen LogP contribution in [0.15, 0.2) is 29.3 Å². The Morgan fingerprint density at radius 3 is 2.78 bits per heavy atom. The minimum Gasteiger partial charge on any atom is -0.378 e. The molecular formula is C19H25N5O3. The van der Waals surface area contributed by atoms with Gasteiger partial charge in [-0.1, -0.05) is 12.1 Å². The smallest absolute Gasteiger partial charge is 0.329 e. The van der Waals surface area contributed by atoms with Gasteiger partial charge in [-0.2, -0.15) is 0 Å². The van der Waals surface area contributed by atoms with Gasteiger partial charge in [0.1, 0.15) is 5.54 Å². The van der Waals surface area contributed by atoms with Crippen LogP contribution in [0.1, 0.15) is 25.3 Å². The van der Waals surface area contributed by atoms with Crippen LogP contribution in [-0.2, 0) is 16.1 Å². The number of guanidine groups is 1. The molecule has 0 bridgehead atoms. The van der Waals surface area contributed by atoms with Crippen molar-refractivity contribution in [2.24, 2.45) is 16.6 Å². The minimum atomic E-state index is -0.786. The lowest BCUT2D eigenvalue weighted by Crippen LogP contribution is -2.46. The van der Waals surface area contributed by atoms with Crippen LogP contribution in [-0.4, -0.2) is 54.6 Å². The molecule has 2 heterocycles. The van der Waals surface area contributed by atoms with Crippen LogP contribution in [0.2, 0.25) is 0 Å². The second-order valence-corrected chi connectivity index (χ2v) is 7.49. The fourth-order valence-electron chi connectivity index (χ4n) is 3.69. The molecule has 0 aromatic heterocycles. The van der Waals surface area contributed by atoms with Gasteiger partial charge in [0.05, 0.1) is 25.4 Å². The normalized spacial score (nSPS) is 26.5. The van der Waals surface area contributed by atoms with E-state index in [2.05, 4.69) is 10.3 Å². The monoisotopic (exact) mass is 371 g/mol. The summed E-state index contributed by atoms with van der Waals surface area (Å²) in [4.78, 5) is 33.0. The lowest BCUT2D eigenvalue weighted by molar-refractivity contribution is -0.122. The van der Waals surface area contributed by atoms with Crippen LogP contribution in [0.4, 0.5) is 10.5 Å². The second-order valence-electron chi connectivity index (χ2n) is 7.49. The molecule has 2 saturated heterocycles. The van der Waals surface area contributed by atoms with Gasteiger partial charge in [-0.15, -0.1) is 0 Å². The van der Waals surface area contributed by atoms with Gasteiger partial charge in [-0.3, -0.25) is 4.79 Å². The predicted molar refractivity (Wildman–Crippen MR) is 101 cm³/mol. The summed E-state index contributed by atoms with van der Waals surface area (Å²) in [6.45, 7) is 4.98. The Hall–Kier alpha value is -2.61. The predicted octanol–water partition coefficient (Wildman–Crippen LogP) is 1.06. The largest absolute Gasteiger partial charge is 0.378 e. The molecule has 144 valence electrons. The molecule has 0 radical (unpaired) electrons. The van der Waals surface area contributed by atoms with Crippen molar-refractivity contribution in [2.45, 2.75) is 31.8 Å². The third kappa shape index (κ3) is 3.37. The Bertz CT molecular complexity index is 785. The van der Waals surface area contributed by atoms with Crippen molar-refractivity contribution in [2.75, 3.05) is 31.2 Å². The molecule has 2 aliphatic heterocycles. The lowest BCUT2D eigenvalue weighted by atomic mass is 9.96. The fraction of sp³-hybridized carbons (Fsp3) is 0.526. The van der Waals surface area contributed by atoms with Gasteiger partial charge in [-0.25, -0.2) is 14.7 Å². The maximum Gasteiger partial charge on any atom is 0.329 e. The molecule has 3 fully saturated rings. The van der Waals surface area contributed by atoms with Crippen molar-refractivity contribution in [3.63, 3.8) is 0 Å². The molecule has 1 aromatic rings. The number of aliphatic imine (C=N–C) groups is 1. The molecule has 8 heteroatoms. The first kappa shape index (κ1) is 17.8. The summed E-state index contributed by atoms with van der Waals surface area (Å²) in [6, 6.07) is 6.99. The summed E-state index contributed by atoms with van der Waals surface area (Å²) >= 11 is 0. The van der Waals surface area contributed by atoms with E-state index < -0.39 is 5.54 Å². The Labute approximate surface area is 158 Å². The Kier molecular flexibility index (Phi) is 4.51. The zero-order valence-electron chi connectivity index (χ0n) is 15.5. The number of hydrogen-bond donors (Lipinski definition) is 2. The highest BCUT2D eigenvalue weighted by Crippen LogP contribution is 2.43. The van der Waals surface area contributed by atoms with Gasteiger partial charge in [0.2, 0.25) is 0 Å². The number of hydrogen-bond acceptors (Lipinski definition) is 4. The number of imide groups is 1. The average Bonchev–Trinajstić information content (AvgIpc) is 3.50. The number of amides is 3. The molecule has 1 atom stereocenters. The summed E-state index contributed by atoms with van der Waals surface area (Å²) in [6.07, 6.45) is 1.96. The number of rotatable bonds is 4. The number of ether oxygens (including phenoxy) is 1.